The number of ether oxygens (including phenoxy) is 1. The zero-order valence-electron chi connectivity index (χ0n) is 17.7. The first-order chi connectivity index (χ1) is 14.5. The molecule has 1 amide bonds. The predicted octanol–water partition coefficient (Wildman–Crippen LogP) is 3.78. The van der Waals surface area contributed by atoms with Crippen LogP contribution in [0.4, 0.5) is 0 Å². The molecule has 31 heavy (non-hydrogen) atoms. The summed E-state index contributed by atoms with van der Waals surface area (Å²) in [5.74, 6) is 0.795. The predicted molar refractivity (Wildman–Crippen MR) is 125 cm³/mol. The number of hydrogen-bond acceptors (Lipinski definition) is 5. The van der Waals surface area contributed by atoms with Gasteiger partial charge in [0.1, 0.15) is 12.1 Å². The third-order valence-corrected chi connectivity index (χ3v) is 4.63. The van der Waals surface area contributed by atoms with E-state index in [0.29, 0.717) is 30.0 Å². The lowest BCUT2D eigenvalue weighted by atomic mass is 10.0. The molecular formula is C23H27ClN4O3. The Labute approximate surface area is 187 Å². The molecule has 0 bridgehead atoms. The van der Waals surface area contributed by atoms with E-state index in [0.717, 1.165) is 24.2 Å². The van der Waals surface area contributed by atoms with Gasteiger partial charge in [-0.25, -0.2) is 4.98 Å². The number of carbonyl (C=O) groups excluding carboxylic acids is 1. The highest BCUT2D eigenvalue weighted by atomic mass is 35.5. The summed E-state index contributed by atoms with van der Waals surface area (Å²) in [5, 5.41) is 3.35. The Morgan fingerprint density at radius 3 is 2.84 bits per heavy atom. The highest BCUT2D eigenvalue weighted by Crippen LogP contribution is 2.17. The second-order valence-electron chi connectivity index (χ2n) is 7.24. The summed E-state index contributed by atoms with van der Waals surface area (Å²) in [6.07, 6.45) is 9.17. The molecule has 1 aromatic carbocycles. The topological polar surface area (TPSA) is 86.1 Å². The minimum absolute atomic E-state index is 0. The second-order valence-corrected chi connectivity index (χ2v) is 7.24. The molecule has 7 nitrogen and oxygen atoms in total. The Balaban J connectivity index is 0.00000341. The van der Waals surface area contributed by atoms with Crippen molar-refractivity contribution in [3.63, 3.8) is 0 Å². The number of amides is 1. The number of carbonyl (C=O) groups is 1. The van der Waals surface area contributed by atoms with Crippen LogP contribution in [0, 0.1) is 0 Å². The summed E-state index contributed by atoms with van der Waals surface area (Å²) in [6, 6.07) is 9.38. The molecule has 0 atom stereocenters. The van der Waals surface area contributed by atoms with E-state index in [2.05, 4.69) is 29.1 Å². The first-order valence-electron chi connectivity index (χ1n) is 10.0. The fraction of sp³-hybridized carbons (Fsp3) is 0.304. The molecule has 0 aliphatic heterocycles. The van der Waals surface area contributed by atoms with Crippen molar-refractivity contribution in [2.24, 2.45) is 0 Å². The molecule has 0 fully saturated rings. The zero-order valence-corrected chi connectivity index (χ0v) is 18.5. The molecule has 0 aliphatic carbocycles. The van der Waals surface area contributed by atoms with Gasteiger partial charge in [-0.05, 0) is 48.6 Å². The molecule has 2 aromatic heterocycles. The van der Waals surface area contributed by atoms with Crippen LogP contribution in [-0.4, -0.2) is 33.6 Å². The Hall–Kier alpha value is -3.19. The normalized spacial score (nSPS) is 10.9. The number of nitrogens with zero attached hydrogens (tertiary/aromatic N) is 3. The molecule has 0 saturated carbocycles. The largest absolute Gasteiger partial charge is 0.492 e. The Bertz CT molecular complexity index is 1080. The van der Waals surface area contributed by atoms with E-state index in [-0.39, 0.29) is 23.9 Å². The molecule has 3 rings (SSSR count). The van der Waals surface area contributed by atoms with Gasteiger partial charge < -0.3 is 10.1 Å². The number of unbranched alkanes of at least 4 members (excludes halogenated alkanes) is 1. The molecule has 1 N–H and O–H groups in total. The molecule has 0 aliphatic rings. The first kappa shape index (κ1) is 24.1. The van der Waals surface area contributed by atoms with Crippen LogP contribution in [0.2, 0.25) is 0 Å². The number of fused-ring (bicyclic) bond motifs is 1. The maximum Gasteiger partial charge on any atom is 0.265 e. The summed E-state index contributed by atoms with van der Waals surface area (Å²) in [7, 11) is 0. The molecule has 0 radical (unpaired) electrons. The zero-order chi connectivity index (χ0) is 21.3. The van der Waals surface area contributed by atoms with Crippen LogP contribution < -0.4 is 15.6 Å². The number of pyridine rings is 1. The number of rotatable bonds is 9. The van der Waals surface area contributed by atoms with Crippen molar-refractivity contribution in [1.29, 1.82) is 0 Å². The van der Waals surface area contributed by atoms with E-state index in [4.69, 9.17) is 4.74 Å². The number of hydrogen-bond donors (Lipinski definition) is 1. The van der Waals surface area contributed by atoms with Crippen molar-refractivity contribution in [1.82, 2.24) is 19.9 Å². The van der Waals surface area contributed by atoms with Gasteiger partial charge in [0.15, 0.2) is 0 Å². The van der Waals surface area contributed by atoms with Gasteiger partial charge in [-0.1, -0.05) is 19.9 Å². The molecule has 2 heterocycles. The summed E-state index contributed by atoms with van der Waals surface area (Å²) in [4.78, 5) is 33.0. The molecule has 0 spiro atoms. The smallest absolute Gasteiger partial charge is 0.265 e. The van der Waals surface area contributed by atoms with Crippen molar-refractivity contribution in [2.45, 2.75) is 32.6 Å². The van der Waals surface area contributed by atoms with Crippen molar-refractivity contribution in [3.05, 3.63) is 71.0 Å². The van der Waals surface area contributed by atoms with Crippen LogP contribution in [0.5, 0.6) is 5.75 Å². The van der Waals surface area contributed by atoms with Crippen molar-refractivity contribution in [2.75, 3.05) is 13.2 Å². The van der Waals surface area contributed by atoms with E-state index in [1.54, 1.807) is 12.4 Å². The summed E-state index contributed by atoms with van der Waals surface area (Å²) < 4.78 is 6.88. The summed E-state index contributed by atoms with van der Waals surface area (Å²) in [5.41, 5.74) is 1.53. The number of nitrogens with one attached hydrogen (secondary N) is 1. The third kappa shape index (κ3) is 6.93. The average molecular weight is 443 g/mol. The highest BCUT2D eigenvalue weighted by Gasteiger charge is 2.06. The quantitative estimate of drug-likeness (QED) is 0.402. The Kier molecular flexibility index (Phi) is 9.21. The second kappa shape index (κ2) is 11.9. The van der Waals surface area contributed by atoms with Gasteiger partial charge in [-0.2, -0.15) is 0 Å². The van der Waals surface area contributed by atoms with Gasteiger partial charge in [0.2, 0.25) is 5.91 Å². The van der Waals surface area contributed by atoms with Crippen LogP contribution in [-0.2, 0) is 4.79 Å². The number of benzene rings is 1. The lowest BCUT2D eigenvalue weighted by molar-refractivity contribution is -0.116. The fourth-order valence-electron chi connectivity index (χ4n) is 2.89. The van der Waals surface area contributed by atoms with Gasteiger partial charge in [-0.3, -0.25) is 19.1 Å². The Morgan fingerprint density at radius 2 is 2.10 bits per heavy atom. The van der Waals surface area contributed by atoms with Crippen molar-refractivity contribution < 1.29 is 9.53 Å². The number of aromatic nitrogens is 3. The Morgan fingerprint density at radius 1 is 1.26 bits per heavy atom. The highest BCUT2D eigenvalue weighted by molar-refractivity contribution is 5.90. The average Bonchev–Trinajstić information content (AvgIpc) is 2.76. The van der Waals surface area contributed by atoms with Crippen LogP contribution in [0.25, 0.3) is 17.1 Å². The number of halogens is 1. The van der Waals surface area contributed by atoms with E-state index >= 15 is 0 Å². The SMILES string of the molecule is CC(C)c1ccc2ncn(/C=C/C(=O)NCCCCOc3cccnc3)c(=O)c2c1.Cl. The molecule has 8 heteroatoms. The summed E-state index contributed by atoms with van der Waals surface area (Å²) in [6.45, 7) is 5.24. The maximum atomic E-state index is 12.7. The minimum Gasteiger partial charge on any atom is -0.492 e. The van der Waals surface area contributed by atoms with E-state index in [1.807, 2.05) is 30.3 Å². The molecular weight excluding hydrogens is 416 g/mol. The van der Waals surface area contributed by atoms with Crippen LogP contribution in [0.15, 0.2) is 59.9 Å². The maximum absolute atomic E-state index is 12.7. The van der Waals surface area contributed by atoms with Crippen LogP contribution in [0.3, 0.4) is 0 Å². The fourth-order valence-corrected chi connectivity index (χ4v) is 2.89. The van der Waals surface area contributed by atoms with E-state index < -0.39 is 0 Å². The molecule has 0 saturated heterocycles. The minimum atomic E-state index is -0.258. The summed E-state index contributed by atoms with van der Waals surface area (Å²) >= 11 is 0. The van der Waals surface area contributed by atoms with Gasteiger partial charge in [0, 0.05) is 25.0 Å². The lowest BCUT2D eigenvalue weighted by Crippen LogP contribution is -2.23. The molecule has 3 aromatic rings. The van der Waals surface area contributed by atoms with Crippen LogP contribution in [0.1, 0.15) is 38.2 Å². The van der Waals surface area contributed by atoms with E-state index in [1.165, 1.54) is 23.2 Å². The van der Waals surface area contributed by atoms with Gasteiger partial charge >= 0.3 is 0 Å². The van der Waals surface area contributed by atoms with Crippen molar-refractivity contribution >= 4 is 35.4 Å². The first-order valence-corrected chi connectivity index (χ1v) is 10.0. The van der Waals surface area contributed by atoms with Gasteiger partial charge in [-0.15, -0.1) is 12.4 Å². The van der Waals surface area contributed by atoms with E-state index in [9.17, 15) is 9.59 Å². The molecule has 0 unspecified atom stereocenters. The lowest BCUT2D eigenvalue weighted by Gasteiger charge is -2.07. The van der Waals surface area contributed by atoms with Gasteiger partial charge in [0.25, 0.3) is 5.56 Å². The standard InChI is InChI=1S/C23H26N4O3.ClH/c1-17(2)18-7-8-21-20(14-18)23(29)27(16-26-21)12-9-22(28)25-11-3-4-13-30-19-6-5-10-24-15-19;/h5-10,12,14-17H,3-4,11,13H2,1-2H3,(H,25,28);1H/b12-9+;. The van der Waals surface area contributed by atoms with Crippen LogP contribution >= 0.6 is 12.4 Å². The monoisotopic (exact) mass is 442 g/mol. The van der Waals surface area contributed by atoms with Crippen molar-refractivity contribution in [3.8, 4) is 5.75 Å². The molecule has 164 valence electrons. The van der Waals surface area contributed by atoms with Gasteiger partial charge in [0.05, 0.1) is 23.7 Å². The third-order valence-electron chi connectivity index (χ3n) is 4.63.